The molecule has 3 aromatic rings. The second kappa shape index (κ2) is 12.5. The lowest BCUT2D eigenvalue weighted by molar-refractivity contribution is 0.0669. The zero-order valence-electron chi connectivity index (χ0n) is 24.5. The van der Waals surface area contributed by atoms with E-state index in [0.29, 0.717) is 48.7 Å². The first-order chi connectivity index (χ1) is 19.2. The fraction of sp³-hybridized carbons (Fsp3) is 0.438. The molecular formula is C32H39N5O3. The standard InChI is InChI=1S/C32H39N5O3/c1-7-35(6)12-10-23-15-26(28-20-36(8-2)31(38)14-21(28)4)25-11-13-37(32(39)27(25)16-23)22(5)29-17-30(40-9-3)24(18-33)19-34-29/h14-17,19-20,22H,7-13H2,1-6H3/t22-/m0/s1. The number of hydrogen-bond acceptors (Lipinski definition) is 6. The Kier molecular flexibility index (Phi) is 9.06. The van der Waals surface area contributed by atoms with E-state index >= 15 is 0 Å². The van der Waals surface area contributed by atoms with Gasteiger partial charge in [-0.2, -0.15) is 5.26 Å². The Morgan fingerprint density at radius 1 is 1.12 bits per heavy atom. The molecule has 8 heteroatoms. The SMILES string of the molecule is CCOc1cc([C@H](C)N2CCc3c(cc(CCN(C)CC)cc3-c3cn(CC)c(=O)cc3C)C2=O)ncc1C#N. The van der Waals surface area contributed by atoms with Gasteiger partial charge in [-0.1, -0.05) is 13.0 Å². The topological polar surface area (TPSA) is 91.5 Å². The van der Waals surface area contributed by atoms with Crippen LogP contribution in [0.4, 0.5) is 0 Å². The van der Waals surface area contributed by atoms with E-state index in [-0.39, 0.29) is 17.5 Å². The molecule has 2 aromatic heterocycles. The van der Waals surface area contributed by atoms with E-state index in [0.717, 1.165) is 47.3 Å². The van der Waals surface area contributed by atoms with Gasteiger partial charge in [-0.25, -0.2) is 0 Å². The van der Waals surface area contributed by atoms with E-state index in [1.807, 2.05) is 44.9 Å². The summed E-state index contributed by atoms with van der Waals surface area (Å²) in [5.74, 6) is 0.448. The number of carbonyl (C=O) groups excluding carboxylic acids is 1. The third kappa shape index (κ3) is 5.80. The predicted octanol–water partition coefficient (Wildman–Crippen LogP) is 4.76. The molecule has 0 N–H and O–H groups in total. The molecule has 0 saturated carbocycles. The van der Waals surface area contributed by atoms with Crippen LogP contribution in [0.5, 0.6) is 5.75 Å². The number of aromatic nitrogens is 2. The average Bonchev–Trinajstić information content (AvgIpc) is 2.96. The highest BCUT2D eigenvalue weighted by molar-refractivity contribution is 5.99. The summed E-state index contributed by atoms with van der Waals surface area (Å²) >= 11 is 0. The van der Waals surface area contributed by atoms with Gasteiger partial charge in [0.2, 0.25) is 0 Å². The fourth-order valence-corrected chi connectivity index (χ4v) is 5.31. The van der Waals surface area contributed by atoms with Crippen LogP contribution in [0.3, 0.4) is 0 Å². The molecule has 40 heavy (non-hydrogen) atoms. The quantitative estimate of drug-likeness (QED) is 0.368. The van der Waals surface area contributed by atoms with Crippen molar-refractivity contribution in [2.45, 2.75) is 60.0 Å². The smallest absolute Gasteiger partial charge is 0.254 e. The van der Waals surface area contributed by atoms with Crippen LogP contribution in [0.2, 0.25) is 0 Å². The number of nitriles is 1. The van der Waals surface area contributed by atoms with Crippen LogP contribution in [-0.4, -0.2) is 58.5 Å². The fourth-order valence-electron chi connectivity index (χ4n) is 5.31. The van der Waals surface area contributed by atoms with E-state index in [1.165, 1.54) is 6.20 Å². The lowest BCUT2D eigenvalue weighted by Gasteiger charge is -2.35. The largest absolute Gasteiger partial charge is 0.492 e. The number of fused-ring (bicyclic) bond motifs is 1. The van der Waals surface area contributed by atoms with Crippen molar-refractivity contribution in [3.63, 3.8) is 0 Å². The lowest BCUT2D eigenvalue weighted by Crippen LogP contribution is -2.40. The Morgan fingerprint density at radius 2 is 1.88 bits per heavy atom. The molecule has 1 atom stereocenters. The molecule has 1 aromatic carbocycles. The Hall–Kier alpha value is -3.96. The molecule has 0 unspecified atom stereocenters. The number of likely N-dealkylation sites (N-methyl/N-ethyl adjacent to an activating group) is 1. The molecule has 4 rings (SSSR count). The number of ether oxygens (including phenoxy) is 1. The van der Waals surface area contributed by atoms with E-state index in [9.17, 15) is 14.9 Å². The van der Waals surface area contributed by atoms with Gasteiger partial charge in [0.15, 0.2) is 0 Å². The summed E-state index contributed by atoms with van der Waals surface area (Å²) in [6.07, 6.45) is 4.96. The molecule has 210 valence electrons. The third-order valence-electron chi connectivity index (χ3n) is 7.89. The van der Waals surface area contributed by atoms with Crippen LogP contribution in [0, 0.1) is 18.3 Å². The Morgan fingerprint density at radius 3 is 2.55 bits per heavy atom. The summed E-state index contributed by atoms with van der Waals surface area (Å²) in [5.41, 5.74) is 6.80. The first-order valence-corrected chi connectivity index (χ1v) is 14.1. The van der Waals surface area contributed by atoms with Crippen LogP contribution in [0.15, 0.2) is 41.5 Å². The number of rotatable bonds is 10. The number of nitrogens with zero attached hydrogens (tertiary/aromatic N) is 5. The number of benzene rings is 1. The third-order valence-corrected chi connectivity index (χ3v) is 7.89. The molecule has 0 bridgehead atoms. The maximum absolute atomic E-state index is 14.1. The highest BCUT2D eigenvalue weighted by atomic mass is 16.5. The van der Waals surface area contributed by atoms with Crippen LogP contribution in [-0.2, 0) is 19.4 Å². The lowest BCUT2D eigenvalue weighted by atomic mass is 9.86. The summed E-state index contributed by atoms with van der Waals surface area (Å²) in [6.45, 7) is 13.3. The summed E-state index contributed by atoms with van der Waals surface area (Å²) in [5, 5.41) is 9.43. The van der Waals surface area contributed by atoms with Crippen molar-refractivity contribution >= 4 is 5.91 Å². The predicted molar refractivity (Wildman–Crippen MR) is 157 cm³/mol. The summed E-state index contributed by atoms with van der Waals surface area (Å²) in [6, 6.07) is 9.54. The van der Waals surface area contributed by atoms with Crippen molar-refractivity contribution in [1.29, 1.82) is 5.26 Å². The minimum absolute atomic E-state index is 0.0178. The van der Waals surface area contributed by atoms with E-state index in [4.69, 9.17) is 4.74 Å². The van der Waals surface area contributed by atoms with Crippen LogP contribution < -0.4 is 10.3 Å². The first-order valence-electron chi connectivity index (χ1n) is 14.1. The first kappa shape index (κ1) is 29.0. The zero-order valence-corrected chi connectivity index (χ0v) is 24.5. The minimum atomic E-state index is -0.297. The summed E-state index contributed by atoms with van der Waals surface area (Å²) in [7, 11) is 2.09. The van der Waals surface area contributed by atoms with E-state index < -0.39 is 0 Å². The van der Waals surface area contributed by atoms with E-state index in [1.54, 1.807) is 16.7 Å². The van der Waals surface area contributed by atoms with Crippen molar-refractivity contribution < 1.29 is 9.53 Å². The summed E-state index contributed by atoms with van der Waals surface area (Å²) in [4.78, 5) is 35.2. The van der Waals surface area contributed by atoms with Crippen LogP contribution in [0.25, 0.3) is 11.1 Å². The van der Waals surface area contributed by atoms with Crippen molar-refractivity contribution in [1.82, 2.24) is 19.4 Å². The summed E-state index contributed by atoms with van der Waals surface area (Å²) < 4.78 is 7.39. The van der Waals surface area contributed by atoms with E-state index in [2.05, 4.69) is 36.0 Å². The second-order valence-electron chi connectivity index (χ2n) is 10.4. The minimum Gasteiger partial charge on any atom is -0.492 e. The maximum atomic E-state index is 14.1. The van der Waals surface area contributed by atoms with Gasteiger partial charge in [0, 0.05) is 55.3 Å². The van der Waals surface area contributed by atoms with Crippen molar-refractivity contribution in [3.8, 4) is 22.9 Å². The molecule has 1 amide bonds. The van der Waals surface area contributed by atoms with Gasteiger partial charge < -0.3 is 19.1 Å². The average molecular weight is 542 g/mol. The molecule has 0 aliphatic carbocycles. The Balaban J connectivity index is 1.78. The molecule has 0 radical (unpaired) electrons. The van der Waals surface area contributed by atoms with Crippen molar-refractivity contribution in [2.24, 2.45) is 0 Å². The molecule has 1 aliphatic rings. The van der Waals surface area contributed by atoms with Gasteiger partial charge in [0.1, 0.15) is 17.4 Å². The second-order valence-corrected chi connectivity index (χ2v) is 10.4. The highest BCUT2D eigenvalue weighted by Crippen LogP contribution is 2.36. The Bertz CT molecular complexity index is 1500. The van der Waals surface area contributed by atoms with Crippen LogP contribution >= 0.6 is 0 Å². The van der Waals surface area contributed by atoms with Crippen LogP contribution in [0.1, 0.15) is 72.0 Å². The van der Waals surface area contributed by atoms with Gasteiger partial charge in [-0.3, -0.25) is 14.6 Å². The monoisotopic (exact) mass is 541 g/mol. The molecule has 0 saturated heterocycles. The molecular weight excluding hydrogens is 502 g/mol. The van der Waals surface area contributed by atoms with Gasteiger partial charge in [-0.15, -0.1) is 0 Å². The van der Waals surface area contributed by atoms with Gasteiger partial charge >= 0.3 is 0 Å². The van der Waals surface area contributed by atoms with Gasteiger partial charge in [-0.05, 0) is 82.4 Å². The van der Waals surface area contributed by atoms with Gasteiger partial charge in [0.05, 0.1) is 18.3 Å². The molecule has 0 spiro atoms. The zero-order chi connectivity index (χ0) is 29.0. The normalized spacial score (nSPS) is 13.8. The Labute approximate surface area is 236 Å². The van der Waals surface area contributed by atoms with Gasteiger partial charge in [0.25, 0.3) is 11.5 Å². The molecule has 0 fully saturated rings. The maximum Gasteiger partial charge on any atom is 0.254 e. The number of carbonyl (C=O) groups is 1. The molecule has 1 aliphatic heterocycles. The number of aryl methyl sites for hydroxylation is 2. The number of amides is 1. The molecule has 3 heterocycles. The number of pyridine rings is 2. The highest BCUT2D eigenvalue weighted by Gasteiger charge is 2.32. The number of hydrogen-bond donors (Lipinski definition) is 0. The van der Waals surface area contributed by atoms with Crippen molar-refractivity contribution in [2.75, 3.05) is 33.3 Å². The van der Waals surface area contributed by atoms with Crippen molar-refractivity contribution in [3.05, 3.63) is 80.5 Å². The molecule has 8 nitrogen and oxygen atoms in total.